The molecule has 1 aromatic rings. The van der Waals surface area contributed by atoms with Gasteiger partial charge in [0, 0.05) is 23.4 Å². The molecule has 1 saturated carbocycles. The van der Waals surface area contributed by atoms with E-state index in [0.29, 0.717) is 31.6 Å². The van der Waals surface area contributed by atoms with Crippen LogP contribution in [-0.2, 0) is 9.47 Å². The zero-order valence-electron chi connectivity index (χ0n) is 16.8. The van der Waals surface area contributed by atoms with Crippen molar-refractivity contribution in [3.63, 3.8) is 0 Å². The molecule has 4 rings (SSSR count). The molecule has 0 unspecified atom stereocenters. The van der Waals surface area contributed by atoms with Gasteiger partial charge in [0.15, 0.2) is 0 Å². The van der Waals surface area contributed by atoms with Gasteiger partial charge >= 0.3 is 6.09 Å². The number of hydrogen-bond acceptors (Lipinski definition) is 4. The molecule has 1 amide bonds. The van der Waals surface area contributed by atoms with Crippen LogP contribution in [0.15, 0.2) is 24.3 Å². The summed E-state index contributed by atoms with van der Waals surface area (Å²) in [6.45, 7) is 10.4. The van der Waals surface area contributed by atoms with Crippen molar-refractivity contribution >= 4 is 6.09 Å². The summed E-state index contributed by atoms with van der Waals surface area (Å²) in [6.07, 6.45) is 1.56. The number of fused-ring (bicyclic) bond motifs is 3. The van der Waals surface area contributed by atoms with Gasteiger partial charge in [-0.05, 0) is 37.7 Å². The number of alkyl carbamates (subject to hydrolysis) is 1. The molecular weight excluding hydrogens is 342 g/mol. The number of ether oxygens (including phenoxy) is 3. The molecule has 5 heteroatoms. The summed E-state index contributed by atoms with van der Waals surface area (Å²) in [7, 11) is 0. The Hall–Kier alpha value is -1.75. The number of nitrogens with one attached hydrogen (secondary N) is 1. The van der Waals surface area contributed by atoms with Crippen LogP contribution in [0.1, 0.15) is 52.2 Å². The molecule has 2 heterocycles. The molecule has 1 aromatic carbocycles. The molecule has 6 atom stereocenters. The number of amides is 1. The summed E-state index contributed by atoms with van der Waals surface area (Å²) in [6, 6.07) is 8.24. The molecule has 2 fully saturated rings. The van der Waals surface area contributed by atoms with E-state index in [1.165, 1.54) is 0 Å². The van der Waals surface area contributed by atoms with Crippen molar-refractivity contribution < 1.29 is 19.0 Å². The van der Waals surface area contributed by atoms with Gasteiger partial charge in [0.25, 0.3) is 0 Å². The van der Waals surface area contributed by atoms with Crippen LogP contribution >= 0.6 is 0 Å². The Bertz CT molecular complexity index is 722. The van der Waals surface area contributed by atoms with Crippen LogP contribution < -0.4 is 10.1 Å². The van der Waals surface area contributed by atoms with E-state index in [1.54, 1.807) is 0 Å². The highest BCUT2D eigenvalue weighted by molar-refractivity contribution is 5.67. The maximum atomic E-state index is 12.0. The lowest BCUT2D eigenvalue weighted by Gasteiger charge is -2.63. The second-order valence-corrected chi connectivity index (χ2v) is 8.84. The number of benzene rings is 1. The Kier molecular flexibility index (Phi) is 4.61. The predicted octanol–water partition coefficient (Wildman–Crippen LogP) is 4.32. The van der Waals surface area contributed by atoms with Crippen molar-refractivity contribution in [1.29, 1.82) is 0 Å². The maximum Gasteiger partial charge on any atom is 0.407 e. The lowest BCUT2D eigenvalue weighted by Crippen LogP contribution is -2.66. The minimum atomic E-state index is -0.327. The second-order valence-electron chi connectivity index (χ2n) is 8.84. The van der Waals surface area contributed by atoms with Crippen molar-refractivity contribution in [2.45, 2.75) is 52.2 Å². The van der Waals surface area contributed by atoms with Crippen LogP contribution in [0.25, 0.3) is 0 Å². The third kappa shape index (κ3) is 2.82. The van der Waals surface area contributed by atoms with Crippen LogP contribution in [-0.4, -0.2) is 31.5 Å². The minimum absolute atomic E-state index is 0.0458. The van der Waals surface area contributed by atoms with E-state index in [4.69, 9.17) is 14.2 Å². The highest BCUT2D eigenvalue weighted by atomic mass is 16.6. The van der Waals surface area contributed by atoms with Crippen LogP contribution in [0.2, 0.25) is 0 Å². The van der Waals surface area contributed by atoms with Crippen molar-refractivity contribution in [1.82, 2.24) is 5.32 Å². The van der Waals surface area contributed by atoms with Crippen molar-refractivity contribution in [3.05, 3.63) is 29.8 Å². The monoisotopic (exact) mass is 373 g/mol. The van der Waals surface area contributed by atoms with Crippen LogP contribution in [0.5, 0.6) is 5.75 Å². The average Bonchev–Trinajstić information content (AvgIpc) is 2.64. The fourth-order valence-electron chi connectivity index (χ4n) is 5.73. The van der Waals surface area contributed by atoms with E-state index in [2.05, 4.69) is 32.2 Å². The smallest absolute Gasteiger partial charge is 0.407 e. The van der Waals surface area contributed by atoms with Gasteiger partial charge in [-0.1, -0.05) is 39.0 Å². The third-order valence-electron chi connectivity index (χ3n) is 7.26. The summed E-state index contributed by atoms with van der Waals surface area (Å²) in [4.78, 5) is 12.0. The first kappa shape index (κ1) is 18.6. The van der Waals surface area contributed by atoms with E-state index in [-0.39, 0.29) is 29.1 Å². The molecule has 1 N–H and O–H groups in total. The van der Waals surface area contributed by atoms with Gasteiger partial charge in [0.05, 0.1) is 12.7 Å². The fourth-order valence-corrected chi connectivity index (χ4v) is 5.73. The van der Waals surface area contributed by atoms with Gasteiger partial charge < -0.3 is 19.5 Å². The zero-order chi connectivity index (χ0) is 19.2. The molecule has 1 saturated heterocycles. The number of hydrogen-bond donors (Lipinski definition) is 1. The molecular formula is C22H31NO4. The lowest BCUT2D eigenvalue weighted by atomic mass is 9.50. The Morgan fingerprint density at radius 3 is 2.89 bits per heavy atom. The van der Waals surface area contributed by atoms with Crippen LogP contribution in [0.3, 0.4) is 0 Å². The molecule has 1 aliphatic carbocycles. The molecule has 3 aliphatic rings. The van der Waals surface area contributed by atoms with E-state index in [0.717, 1.165) is 24.2 Å². The molecule has 0 spiro atoms. The predicted molar refractivity (Wildman–Crippen MR) is 103 cm³/mol. The largest absolute Gasteiger partial charge is 0.487 e. The van der Waals surface area contributed by atoms with Gasteiger partial charge in [-0.3, -0.25) is 0 Å². The highest BCUT2D eigenvalue weighted by Gasteiger charge is 2.64. The first-order valence-electron chi connectivity index (χ1n) is 10.2. The van der Waals surface area contributed by atoms with Crippen LogP contribution in [0.4, 0.5) is 4.79 Å². The molecule has 27 heavy (non-hydrogen) atoms. The average molecular weight is 373 g/mol. The number of rotatable bonds is 4. The first-order chi connectivity index (χ1) is 12.9. The van der Waals surface area contributed by atoms with Crippen LogP contribution in [0, 0.1) is 23.2 Å². The Morgan fingerprint density at radius 1 is 1.33 bits per heavy atom. The molecule has 0 radical (unpaired) electrons. The summed E-state index contributed by atoms with van der Waals surface area (Å²) < 4.78 is 18.7. The van der Waals surface area contributed by atoms with Gasteiger partial charge in [-0.15, -0.1) is 0 Å². The van der Waals surface area contributed by atoms with E-state index >= 15 is 0 Å². The van der Waals surface area contributed by atoms with Gasteiger partial charge in [0.2, 0.25) is 0 Å². The topological polar surface area (TPSA) is 56.8 Å². The standard InChI is InChI=1S/C22H31NO4/c1-5-10-23-20(24)26-13-22-12-25-19-16-8-6-7-9-17(16)27-21(4,11-14(22)2)18(19)15(22)3/h6-9,14-15,18-19H,5,10-13H2,1-4H3,(H,23,24)/t14-,15+,18+,19-,21+,22+/m1/s1. The highest BCUT2D eigenvalue weighted by Crippen LogP contribution is 2.63. The quantitative estimate of drug-likeness (QED) is 0.854. The van der Waals surface area contributed by atoms with Gasteiger partial charge in [-0.25, -0.2) is 4.79 Å². The molecule has 2 bridgehead atoms. The number of para-hydroxylation sites is 1. The normalized spacial score (nSPS) is 39.1. The number of carbonyl (C=O) groups excluding carboxylic acids is 1. The lowest BCUT2D eigenvalue weighted by molar-refractivity contribution is -0.259. The summed E-state index contributed by atoms with van der Waals surface area (Å²) >= 11 is 0. The summed E-state index contributed by atoms with van der Waals surface area (Å²) in [5.74, 6) is 1.86. The van der Waals surface area contributed by atoms with E-state index in [1.807, 2.05) is 25.1 Å². The SMILES string of the molecule is CCCNC(=O)OC[C@@]12CO[C@@H]3c4ccccc4O[C@@](C)(C[C@H]1C)[C@H]3[C@@H]2C. The number of carbonyl (C=O) groups is 1. The summed E-state index contributed by atoms with van der Waals surface area (Å²) in [5.41, 5.74) is 0.725. The molecule has 2 aliphatic heterocycles. The molecule has 148 valence electrons. The van der Waals surface area contributed by atoms with Gasteiger partial charge in [0.1, 0.15) is 18.0 Å². The Labute approximate surface area is 161 Å². The molecule has 0 aromatic heterocycles. The van der Waals surface area contributed by atoms with Crippen molar-refractivity contribution in [2.24, 2.45) is 23.2 Å². The van der Waals surface area contributed by atoms with E-state index < -0.39 is 0 Å². The van der Waals surface area contributed by atoms with Crippen molar-refractivity contribution in [3.8, 4) is 5.75 Å². The van der Waals surface area contributed by atoms with Gasteiger partial charge in [-0.2, -0.15) is 0 Å². The summed E-state index contributed by atoms with van der Waals surface area (Å²) in [5, 5.41) is 2.81. The Morgan fingerprint density at radius 2 is 2.11 bits per heavy atom. The maximum absolute atomic E-state index is 12.0. The third-order valence-corrected chi connectivity index (χ3v) is 7.26. The first-order valence-corrected chi connectivity index (χ1v) is 10.2. The minimum Gasteiger partial charge on any atom is -0.487 e. The molecule has 5 nitrogen and oxygen atoms in total. The van der Waals surface area contributed by atoms with Crippen molar-refractivity contribution in [2.75, 3.05) is 19.8 Å². The zero-order valence-corrected chi connectivity index (χ0v) is 16.8. The Balaban J connectivity index is 1.61. The fraction of sp³-hybridized carbons (Fsp3) is 0.682. The second kappa shape index (κ2) is 6.69. The van der Waals surface area contributed by atoms with E-state index in [9.17, 15) is 4.79 Å².